The van der Waals surface area contributed by atoms with Crippen molar-refractivity contribution in [3.63, 3.8) is 0 Å². The molecule has 1 N–H and O–H groups in total. The van der Waals surface area contributed by atoms with Crippen molar-refractivity contribution in [3.8, 4) is 5.75 Å². The number of benzene rings is 1. The van der Waals surface area contributed by atoms with E-state index in [9.17, 15) is 4.79 Å². The number of urea groups is 1. The second kappa shape index (κ2) is 6.82. The normalized spacial score (nSPS) is 25.8. The van der Waals surface area contributed by atoms with Crippen LogP contribution in [0.15, 0.2) is 24.3 Å². The highest BCUT2D eigenvalue weighted by molar-refractivity contribution is 7.99. The summed E-state index contributed by atoms with van der Waals surface area (Å²) < 4.78 is 5.73. The number of hydrogen-bond acceptors (Lipinski definition) is 3. The van der Waals surface area contributed by atoms with E-state index in [0.29, 0.717) is 12.6 Å². The fourth-order valence-electron chi connectivity index (χ4n) is 3.18. The average molecular weight is 320 g/mol. The molecule has 1 fully saturated rings. The summed E-state index contributed by atoms with van der Waals surface area (Å²) in [4.78, 5) is 14.6. The maximum absolute atomic E-state index is 12.6. The van der Waals surface area contributed by atoms with Crippen molar-refractivity contribution in [2.24, 2.45) is 0 Å². The van der Waals surface area contributed by atoms with Crippen LogP contribution in [-0.2, 0) is 0 Å². The molecule has 4 nitrogen and oxygen atoms in total. The van der Waals surface area contributed by atoms with E-state index in [-0.39, 0.29) is 18.0 Å². The molecule has 1 aromatic rings. The Kier molecular flexibility index (Phi) is 4.81. The molecule has 1 saturated heterocycles. The maximum atomic E-state index is 12.6. The van der Waals surface area contributed by atoms with Crippen LogP contribution in [0.1, 0.15) is 31.7 Å². The summed E-state index contributed by atoms with van der Waals surface area (Å²) in [6.07, 6.45) is 1.07. The van der Waals surface area contributed by atoms with Gasteiger partial charge in [-0.3, -0.25) is 0 Å². The summed E-state index contributed by atoms with van der Waals surface area (Å²) in [7, 11) is 0. The van der Waals surface area contributed by atoms with Gasteiger partial charge in [0.05, 0.1) is 6.61 Å². The Morgan fingerprint density at radius 3 is 3.09 bits per heavy atom. The van der Waals surface area contributed by atoms with Crippen molar-refractivity contribution < 1.29 is 9.53 Å². The molecule has 5 heteroatoms. The first kappa shape index (κ1) is 15.5. The van der Waals surface area contributed by atoms with Crippen LogP contribution in [-0.4, -0.2) is 47.7 Å². The number of carbonyl (C=O) groups excluding carboxylic acids is 1. The predicted octanol–water partition coefficient (Wildman–Crippen LogP) is 3.09. The molecule has 0 bridgehead atoms. The molecule has 3 atom stereocenters. The molecule has 3 rings (SSSR count). The van der Waals surface area contributed by atoms with Gasteiger partial charge in [-0.25, -0.2) is 4.79 Å². The van der Waals surface area contributed by atoms with Crippen molar-refractivity contribution in [1.29, 1.82) is 0 Å². The number of nitrogens with one attached hydrogen (secondary N) is 1. The van der Waals surface area contributed by atoms with Gasteiger partial charge >= 0.3 is 6.03 Å². The van der Waals surface area contributed by atoms with E-state index >= 15 is 0 Å². The van der Waals surface area contributed by atoms with Gasteiger partial charge in [0.1, 0.15) is 5.75 Å². The molecule has 0 radical (unpaired) electrons. The Hall–Kier alpha value is -1.36. The standard InChI is InChI=1S/C17H24N2O2S/c1-12-7-9-22-10-8-19(12)17(20)18-13(2)15-11-21-16-6-4-3-5-14(15)16/h3-6,12-13,15H,7-11H2,1-2H3,(H,18,20)/t12-,13+,15+/m1/s1. The SMILES string of the molecule is C[C@H](NC(=O)N1CCSCC[C@H]1C)[C@@H]1COc2ccccc21. The first-order chi connectivity index (χ1) is 10.7. The lowest BCUT2D eigenvalue weighted by Crippen LogP contribution is -2.49. The highest BCUT2D eigenvalue weighted by Gasteiger charge is 2.31. The van der Waals surface area contributed by atoms with E-state index in [2.05, 4.69) is 25.2 Å². The van der Waals surface area contributed by atoms with Crippen LogP contribution in [0.4, 0.5) is 4.79 Å². The third-order valence-corrected chi connectivity index (χ3v) is 5.64. The molecule has 0 unspecified atom stereocenters. The summed E-state index contributed by atoms with van der Waals surface area (Å²) in [5, 5.41) is 3.19. The average Bonchev–Trinajstić information content (AvgIpc) is 2.82. The van der Waals surface area contributed by atoms with Crippen LogP contribution >= 0.6 is 11.8 Å². The zero-order valence-electron chi connectivity index (χ0n) is 13.2. The third kappa shape index (κ3) is 3.19. The Morgan fingerprint density at radius 1 is 1.41 bits per heavy atom. The van der Waals surface area contributed by atoms with Gasteiger partial charge in [0.2, 0.25) is 0 Å². The first-order valence-corrected chi connectivity index (χ1v) is 9.19. The minimum absolute atomic E-state index is 0.0619. The van der Waals surface area contributed by atoms with E-state index in [1.165, 1.54) is 5.56 Å². The minimum Gasteiger partial charge on any atom is -0.493 e. The van der Waals surface area contributed by atoms with E-state index in [1.54, 1.807) is 0 Å². The minimum atomic E-state index is 0.0619. The fourth-order valence-corrected chi connectivity index (χ4v) is 4.21. The van der Waals surface area contributed by atoms with E-state index in [4.69, 9.17) is 4.74 Å². The highest BCUT2D eigenvalue weighted by atomic mass is 32.2. The Balaban J connectivity index is 1.64. The number of ether oxygens (including phenoxy) is 1. The molecule has 0 aliphatic carbocycles. The monoisotopic (exact) mass is 320 g/mol. The number of para-hydroxylation sites is 1. The van der Waals surface area contributed by atoms with Gasteiger partial charge in [-0.2, -0.15) is 11.8 Å². The lowest BCUT2D eigenvalue weighted by atomic mass is 9.94. The van der Waals surface area contributed by atoms with Gasteiger partial charge in [0, 0.05) is 35.9 Å². The van der Waals surface area contributed by atoms with Gasteiger partial charge < -0.3 is 15.0 Å². The van der Waals surface area contributed by atoms with Crippen LogP contribution in [0.5, 0.6) is 5.75 Å². The van der Waals surface area contributed by atoms with Gasteiger partial charge in [-0.05, 0) is 32.1 Å². The van der Waals surface area contributed by atoms with E-state index < -0.39 is 0 Å². The molecule has 0 aromatic heterocycles. The molecular weight excluding hydrogens is 296 g/mol. The summed E-state index contributed by atoms with van der Waals surface area (Å²) in [6.45, 7) is 5.70. The number of amides is 2. The number of carbonyl (C=O) groups is 1. The van der Waals surface area contributed by atoms with Gasteiger partial charge in [0.15, 0.2) is 0 Å². The second-order valence-electron chi connectivity index (χ2n) is 6.14. The summed E-state index contributed by atoms with van der Waals surface area (Å²) in [5.41, 5.74) is 1.20. The second-order valence-corrected chi connectivity index (χ2v) is 7.36. The third-order valence-electron chi connectivity index (χ3n) is 4.64. The van der Waals surface area contributed by atoms with Crippen molar-refractivity contribution in [3.05, 3.63) is 29.8 Å². The molecule has 1 aromatic carbocycles. The quantitative estimate of drug-likeness (QED) is 0.910. The number of rotatable bonds is 2. The Labute approximate surface area is 136 Å². The van der Waals surface area contributed by atoms with Crippen LogP contribution in [0, 0.1) is 0 Å². The number of thioether (sulfide) groups is 1. The number of nitrogens with zero attached hydrogens (tertiary/aromatic N) is 1. The number of fused-ring (bicyclic) bond motifs is 1. The topological polar surface area (TPSA) is 41.6 Å². The van der Waals surface area contributed by atoms with Gasteiger partial charge in [-0.15, -0.1) is 0 Å². The molecule has 120 valence electrons. The van der Waals surface area contributed by atoms with Crippen LogP contribution in [0.3, 0.4) is 0 Å². The summed E-state index contributed by atoms with van der Waals surface area (Å²) in [5.74, 6) is 3.36. The summed E-state index contributed by atoms with van der Waals surface area (Å²) in [6, 6.07) is 8.56. The highest BCUT2D eigenvalue weighted by Crippen LogP contribution is 2.35. The number of hydrogen-bond donors (Lipinski definition) is 1. The molecule has 0 spiro atoms. The molecular formula is C17H24N2O2S. The van der Waals surface area contributed by atoms with Crippen LogP contribution in [0.25, 0.3) is 0 Å². The van der Waals surface area contributed by atoms with Crippen molar-refractivity contribution in [2.45, 2.75) is 38.3 Å². The van der Waals surface area contributed by atoms with Crippen LogP contribution in [0.2, 0.25) is 0 Å². The molecule has 2 aliphatic heterocycles. The zero-order chi connectivity index (χ0) is 15.5. The van der Waals surface area contributed by atoms with Crippen molar-refractivity contribution >= 4 is 17.8 Å². The van der Waals surface area contributed by atoms with Crippen molar-refractivity contribution in [1.82, 2.24) is 10.2 Å². The zero-order valence-corrected chi connectivity index (χ0v) is 14.1. The molecule has 2 aliphatic rings. The van der Waals surface area contributed by atoms with E-state index in [0.717, 1.165) is 30.2 Å². The lowest BCUT2D eigenvalue weighted by Gasteiger charge is -2.30. The Morgan fingerprint density at radius 2 is 2.23 bits per heavy atom. The molecule has 0 saturated carbocycles. The predicted molar refractivity (Wildman–Crippen MR) is 90.8 cm³/mol. The molecule has 22 heavy (non-hydrogen) atoms. The van der Waals surface area contributed by atoms with Crippen molar-refractivity contribution in [2.75, 3.05) is 24.7 Å². The van der Waals surface area contributed by atoms with Crippen LogP contribution < -0.4 is 10.1 Å². The lowest BCUT2D eigenvalue weighted by molar-refractivity contribution is 0.177. The largest absolute Gasteiger partial charge is 0.493 e. The molecule has 2 amide bonds. The van der Waals surface area contributed by atoms with E-state index in [1.807, 2.05) is 34.9 Å². The van der Waals surface area contributed by atoms with Gasteiger partial charge in [0.25, 0.3) is 0 Å². The maximum Gasteiger partial charge on any atom is 0.317 e. The fraction of sp³-hybridized carbons (Fsp3) is 0.588. The Bertz CT molecular complexity index is 537. The smallest absolute Gasteiger partial charge is 0.317 e. The first-order valence-electron chi connectivity index (χ1n) is 8.03. The van der Waals surface area contributed by atoms with Gasteiger partial charge in [-0.1, -0.05) is 18.2 Å². The molecule has 2 heterocycles. The summed E-state index contributed by atoms with van der Waals surface area (Å²) >= 11 is 1.93.